The SMILES string of the molecule is Cc1nnc(CN2CCCC(C)(O)CC2)o1. The molecule has 1 unspecified atom stereocenters. The molecule has 16 heavy (non-hydrogen) atoms. The number of likely N-dealkylation sites (tertiary alicyclic amines) is 1. The fraction of sp³-hybridized carbons (Fsp3) is 0.818. The molecule has 1 saturated heterocycles. The van der Waals surface area contributed by atoms with Gasteiger partial charge < -0.3 is 9.52 Å². The van der Waals surface area contributed by atoms with Crippen molar-refractivity contribution in [2.24, 2.45) is 0 Å². The lowest BCUT2D eigenvalue weighted by atomic mass is 9.98. The van der Waals surface area contributed by atoms with Gasteiger partial charge >= 0.3 is 0 Å². The van der Waals surface area contributed by atoms with Crippen LogP contribution in [0.5, 0.6) is 0 Å². The van der Waals surface area contributed by atoms with Crippen LogP contribution in [-0.4, -0.2) is 38.9 Å². The van der Waals surface area contributed by atoms with E-state index in [0.29, 0.717) is 18.3 Å². The highest BCUT2D eigenvalue weighted by molar-refractivity contribution is 4.83. The summed E-state index contributed by atoms with van der Waals surface area (Å²) in [6.45, 7) is 6.26. The molecular weight excluding hydrogens is 206 g/mol. The molecule has 1 fully saturated rings. The van der Waals surface area contributed by atoms with Gasteiger partial charge in [-0.3, -0.25) is 4.90 Å². The predicted octanol–water partition coefficient (Wildman–Crippen LogP) is 1.11. The van der Waals surface area contributed by atoms with E-state index in [1.807, 2.05) is 6.92 Å². The van der Waals surface area contributed by atoms with Gasteiger partial charge in [0.25, 0.3) is 0 Å². The predicted molar refractivity (Wildman–Crippen MR) is 58.8 cm³/mol. The minimum atomic E-state index is -0.514. The van der Waals surface area contributed by atoms with Crippen molar-refractivity contribution < 1.29 is 9.52 Å². The number of hydrogen-bond acceptors (Lipinski definition) is 5. The molecule has 1 aromatic rings. The zero-order valence-corrected chi connectivity index (χ0v) is 9.94. The zero-order valence-electron chi connectivity index (χ0n) is 9.94. The third-order valence-electron chi connectivity index (χ3n) is 3.08. The number of hydrogen-bond donors (Lipinski definition) is 1. The first-order chi connectivity index (χ1) is 7.55. The van der Waals surface area contributed by atoms with Crippen molar-refractivity contribution in [3.63, 3.8) is 0 Å². The van der Waals surface area contributed by atoms with Crippen LogP contribution in [0.1, 0.15) is 38.0 Å². The van der Waals surface area contributed by atoms with Gasteiger partial charge in [-0.15, -0.1) is 10.2 Å². The molecule has 0 saturated carbocycles. The molecule has 0 amide bonds. The van der Waals surface area contributed by atoms with Gasteiger partial charge in [0.05, 0.1) is 12.1 Å². The van der Waals surface area contributed by atoms with Crippen LogP contribution >= 0.6 is 0 Å². The van der Waals surface area contributed by atoms with E-state index in [9.17, 15) is 5.11 Å². The summed E-state index contributed by atoms with van der Waals surface area (Å²) in [6, 6.07) is 0. The summed E-state index contributed by atoms with van der Waals surface area (Å²) in [6.07, 6.45) is 2.69. The molecule has 2 heterocycles. The van der Waals surface area contributed by atoms with Crippen LogP contribution in [0.3, 0.4) is 0 Å². The topological polar surface area (TPSA) is 62.4 Å². The molecule has 0 bridgehead atoms. The van der Waals surface area contributed by atoms with Gasteiger partial charge in [0.15, 0.2) is 0 Å². The Morgan fingerprint density at radius 2 is 2.19 bits per heavy atom. The van der Waals surface area contributed by atoms with E-state index >= 15 is 0 Å². The monoisotopic (exact) mass is 225 g/mol. The molecule has 2 rings (SSSR count). The Balaban J connectivity index is 1.91. The minimum Gasteiger partial charge on any atom is -0.424 e. The molecule has 1 aromatic heterocycles. The molecule has 1 aliphatic rings. The first kappa shape index (κ1) is 11.5. The first-order valence-electron chi connectivity index (χ1n) is 5.79. The average Bonchev–Trinajstić information content (AvgIpc) is 2.52. The highest BCUT2D eigenvalue weighted by atomic mass is 16.4. The van der Waals surface area contributed by atoms with Crippen LogP contribution in [-0.2, 0) is 6.54 Å². The molecule has 5 heteroatoms. The van der Waals surface area contributed by atoms with Crippen LogP contribution in [0.2, 0.25) is 0 Å². The van der Waals surface area contributed by atoms with Crippen LogP contribution in [0, 0.1) is 6.92 Å². The minimum absolute atomic E-state index is 0.514. The molecule has 0 aliphatic carbocycles. The van der Waals surface area contributed by atoms with Crippen LogP contribution in [0.15, 0.2) is 4.42 Å². The number of aryl methyl sites for hydroxylation is 1. The highest BCUT2D eigenvalue weighted by Gasteiger charge is 2.25. The van der Waals surface area contributed by atoms with E-state index in [4.69, 9.17) is 4.42 Å². The third kappa shape index (κ3) is 3.02. The Morgan fingerprint density at radius 1 is 1.38 bits per heavy atom. The van der Waals surface area contributed by atoms with Gasteiger partial charge in [0, 0.05) is 13.5 Å². The molecule has 0 aromatic carbocycles. The maximum Gasteiger partial charge on any atom is 0.230 e. The van der Waals surface area contributed by atoms with E-state index in [2.05, 4.69) is 15.1 Å². The number of aromatic nitrogens is 2. The summed E-state index contributed by atoms with van der Waals surface area (Å²) in [5, 5.41) is 17.8. The van der Waals surface area contributed by atoms with Gasteiger partial charge in [0.1, 0.15) is 0 Å². The Labute approximate surface area is 95.5 Å². The standard InChI is InChI=1S/C11H19N3O2/c1-9-12-13-10(16-9)8-14-6-3-4-11(2,15)5-7-14/h15H,3-8H2,1-2H3. The molecule has 1 aliphatic heterocycles. The van der Waals surface area contributed by atoms with Gasteiger partial charge in [-0.2, -0.15) is 0 Å². The van der Waals surface area contributed by atoms with E-state index in [0.717, 1.165) is 32.4 Å². The number of nitrogens with zero attached hydrogens (tertiary/aromatic N) is 3. The average molecular weight is 225 g/mol. The summed E-state index contributed by atoms with van der Waals surface area (Å²) in [5.74, 6) is 1.27. The Hall–Kier alpha value is -0.940. The summed E-state index contributed by atoms with van der Waals surface area (Å²) >= 11 is 0. The van der Waals surface area contributed by atoms with Crippen molar-refractivity contribution in [1.29, 1.82) is 0 Å². The van der Waals surface area contributed by atoms with E-state index in [1.165, 1.54) is 0 Å². The van der Waals surface area contributed by atoms with Crippen molar-refractivity contribution in [3.8, 4) is 0 Å². The zero-order chi connectivity index (χ0) is 11.6. The quantitative estimate of drug-likeness (QED) is 0.817. The smallest absolute Gasteiger partial charge is 0.230 e. The lowest BCUT2D eigenvalue weighted by Gasteiger charge is -2.21. The van der Waals surface area contributed by atoms with Gasteiger partial charge in [-0.1, -0.05) is 0 Å². The Kier molecular flexibility index (Phi) is 3.25. The molecule has 90 valence electrons. The summed E-state index contributed by atoms with van der Waals surface area (Å²) in [7, 11) is 0. The molecular formula is C11H19N3O2. The normalized spacial score (nSPS) is 27.9. The largest absolute Gasteiger partial charge is 0.424 e. The highest BCUT2D eigenvalue weighted by Crippen LogP contribution is 2.22. The van der Waals surface area contributed by atoms with Crippen molar-refractivity contribution in [1.82, 2.24) is 15.1 Å². The summed E-state index contributed by atoms with van der Waals surface area (Å²) in [4.78, 5) is 2.26. The molecule has 1 atom stereocenters. The van der Waals surface area contributed by atoms with E-state index in [1.54, 1.807) is 6.92 Å². The van der Waals surface area contributed by atoms with Crippen molar-refractivity contribution in [2.45, 2.75) is 45.3 Å². The van der Waals surface area contributed by atoms with Crippen LogP contribution < -0.4 is 0 Å². The lowest BCUT2D eigenvalue weighted by molar-refractivity contribution is 0.0441. The fourth-order valence-corrected chi connectivity index (χ4v) is 2.07. The second-order valence-electron chi connectivity index (χ2n) is 4.84. The molecule has 1 N–H and O–H groups in total. The van der Waals surface area contributed by atoms with Crippen molar-refractivity contribution in [3.05, 3.63) is 11.8 Å². The number of aliphatic hydroxyl groups is 1. The molecule has 0 radical (unpaired) electrons. The van der Waals surface area contributed by atoms with Gasteiger partial charge in [-0.05, 0) is 32.7 Å². The summed E-state index contributed by atoms with van der Waals surface area (Å²) in [5.41, 5.74) is -0.514. The summed E-state index contributed by atoms with van der Waals surface area (Å²) < 4.78 is 5.35. The van der Waals surface area contributed by atoms with Crippen molar-refractivity contribution in [2.75, 3.05) is 13.1 Å². The Morgan fingerprint density at radius 3 is 2.88 bits per heavy atom. The van der Waals surface area contributed by atoms with E-state index < -0.39 is 5.60 Å². The van der Waals surface area contributed by atoms with Crippen molar-refractivity contribution >= 4 is 0 Å². The molecule has 0 spiro atoms. The fourth-order valence-electron chi connectivity index (χ4n) is 2.07. The second kappa shape index (κ2) is 4.51. The maximum absolute atomic E-state index is 9.96. The third-order valence-corrected chi connectivity index (χ3v) is 3.08. The van der Waals surface area contributed by atoms with E-state index in [-0.39, 0.29) is 0 Å². The van der Waals surface area contributed by atoms with Gasteiger partial charge in [-0.25, -0.2) is 0 Å². The Bertz CT molecular complexity index is 349. The maximum atomic E-state index is 9.96. The van der Waals surface area contributed by atoms with Crippen LogP contribution in [0.25, 0.3) is 0 Å². The molecule has 5 nitrogen and oxygen atoms in total. The van der Waals surface area contributed by atoms with Crippen LogP contribution in [0.4, 0.5) is 0 Å². The van der Waals surface area contributed by atoms with Gasteiger partial charge in [0.2, 0.25) is 11.8 Å². The first-order valence-corrected chi connectivity index (χ1v) is 5.79. The number of rotatable bonds is 2. The second-order valence-corrected chi connectivity index (χ2v) is 4.84. The lowest BCUT2D eigenvalue weighted by Crippen LogP contribution is -2.28.